The van der Waals surface area contributed by atoms with Crippen molar-refractivity contribution in [2.45, 2.75) is 19.9 Å². The van der Waals surface area contributed by atoms with Gasteiger partial charge in [0.05, 0.1) is 13.0 Å². The van der Waals surface area contributed by atoms with Crippen LogP contribution in [-0.2, 0) is 11.3 Å². The van der Waals surface area contributed by atoms with E-state index in [1.807, 2.05) is 36.1 Å². The maximum atomic E-state index is 10.6. The van der Waals surface area contributed by atoms with Gasteiger partial charge in [0.1, 0.15) is 0 Å². The second kappa shape index (κ2) is 7.33. The molecule has 0 atom stereocenters. The molecule has 1 aromatic heterocycles. The number of benzene rings is 1. The first-order valence-corrected chi connectivity index (χ1v) is 7.40. The van der Waals surface area contributed by atoms with Crippen molar-refractivity contribution in [2.24, 2.45) is 0 Å². The normalized spacial score (nSPS) is 11.0. The van der Waals surface area contributed by atoms with E-state index in [1.165, 1.54) is 0 Å². The van der Waals surface area contributed by atoms with Crippen molar-refractivity contribution in [3.05, 3.63) is 34.6 Å². The monoisotopic (exact) mass is 353 g/mol. The lowest BCUT2D eigenvalue weighted by Gasteiger charge is -2.16. The Morgan fingerprint density at radius 2 is 2.29 bits per heavy atom. The molecule has 6 nitrogen and oxygen atoms in total. The van der Waals surface area contributed by atoms with Gasteiger partial charge in [-0.3, -0.25) is 9.69 Å². The molecule has 0 unspecified atom stereocenters. The van der Waals surface area contributed by atoms with E-state index < -0.39 is 5.97 Å². The van der Waals surface area contributed by atoms with Crippen LogP contribution >= 0.6 is 15.9 Å². The third-order valence-corrected chi connectivity index (χ3v) is 3.49. The Morgan fingerprint density at radius 1 is 1.48 bits per heavy atom. The summed E-state index contributed by atoms with van der Waals surface area (Å²) in [7, 11) is 0. The summed E-state index contributed by atoms with van der Waals surface area (Å²) in [6.45, 7) is 3.60. The summed E-state index contributed by atoms with van der Waals surface area (Å²) in [5.74, 6) is 0.201. The standard InChI is InChI=1S/C14H16BrN3O3/c1-2-18(7-6-13(19)20)9-12-16-14(17-21-12)10-4-3-5-11(15)8-10/h3-5,8H,2,6-7,9H2,1H3,(H,19,20). The van der Waals surface area contributed by atoms with Gasteiger partial charge < -0.3 is 9.63 Å². The molecule has 0 saturated heterocycles. The summed E-state index contributed by atoms with van der Waals surface area (Å²) in [6.07, 6.45) is 0.0977. The quantitative estimate of drug-likeness (QED) is 0.824. The average molecular weight is 354 g/mol. The minimum Gasteiger partial charge on any atom is -0.481 e. The van der Waals surface area contributed by atoms with Crippen molar-refractivity contribution in [1.82, 2.24) is 15.0 Å². The highest BCUT2D eigenvalue weighted by atomic mass is 79.9. The van der Waals surface area contributed by atoms with Crippen LogP contribution in [0.1, 0.15) is 19.2 Å². The maximum absolute atomic E-state index is 10.6. The summed E-state index contributed by atoms with van der Waals surface area (Å²) in [4.78, 5) is 16.9. The molecule has 0 saturated carbocycles. The minimum absolute atomic E-state index is 0.0977. The highest BCUT2D eigenvalue weighted by Crippen LogP contribution is 2.20. The van der Waals surface area contributed by atoms with E-state index in [4.69, 9.17) is 9.63 Å². The van der Waals surface area contributed by atoms with Gasteiger partial charge in [-0.05, 0) is 18.7 Å². The van der Waals surface area contributed by atoms with Crippen LogP contribution in [0.15, 0.2) is 33.3 Å². The predicted octanol–water partition coefficient (Wildman–Crippen LogP) is 2.80. The van der Waals surface area contributed by atoms with Crippen LogP contribution in [0.3, 0.4) is 0 Å². The molecule has 1 aromatic carbocycles. The van der Waals surface area contributed by atoms with Gasteiger partial charge in [0, 0.05) is 16.6 Å². The molecular weight excluding hydrogens is 338 g/mol. The van der Waals surface area contributed by atoms with E-state index in [0.717, 1.165) is 16.6 Å². The fourth-order valence-corrected chi connectivity index (χ4v) is 2.26. The lowest BCUT2D eigenvalue weighted by molar-refractivity contribution is -0.137. The third-order valence-electron chi connectivity index (χ3n) is 3.00. The number of aromatic nitrogens is 2. The number of halogens is 1. The lowest BCUT2D eigenvalue weighted by Crippen LogP contribution is -2.25. The van der Waals surface area contributed by atoms with Crippen molar-refractivity contribution in [3.8, 4) is 11.4 Å². The number of hydrogen-bond donors (Lipinski definition) is 1. The fourth-order valence-electron chi connectivity index (χ4n) is 1.86. The molecule has 0 aliphatic rings. The molecule has 21 heavy (non-hydrogen) atoms. The van der Waals surface area contributed by atoms with E-state index in [2.05, 4.69) is 26.1 Å². The second-order valence-electron chi connectivity index (χ2n) is 4.53. The number of aliphatic carboxylic acids is 1. The van der Waals surface area contributed by atoms with E-state index in [9.17, 15) is 4.79 Å². The van der Waals surface area contributed by atoms with Gasteiger partial charge in [-0.25, -0.2) is 0 Å². The van der Waals surface area contributed by atoms with E-state index in [0.29, 0.717) is 24.8 Å². The number of nitrogens with zero attached hydrogens (tertiary/aromatic N) is 3. The SMILES string of the molecule is CCN(CCC(=O)O)Cc1nc(-c2cccc(Br)c2)no1. The largest absolute Gasteiger partial charge is 0.481 e. The Labute approximate surface area is 130 Å². The maximum Gasteiger partial charge on any atom is 0.304 e. The van der Waals surface area contributed by atoms with Crippen LogP contribution in [0, 0.1) is 0 Å². The molecule has 1 heterocycles. The van der Waals surface area contributed by atoms with Crippen molar-refractivity contribution < 1.29 is 14.4 Å². The number of rotatable bonds is 7. The summed E-state index contributed by atoms with van der Waals surface area (Å²) < 4.78 is 6.18. The predicted molar refractivity (Wildman–Crippen MR) is 80.6 cm³/mol. The zero-order valence-electron chi connectivity index (χ0n) is 11.6. The summed E-state index contributed by atoms with van der Waals surface area (Å²) in [5.41, 5.74) is 0.868. The molecule has 0 fully saturated rings. The van der Waals surface area contributed by atoms with Gasteiger partial charge in [0.15, 0.2) is 0 Å². The van der Waals surface area contributed by atoms with E-state index >= 15 is 0 Å². The van der Waals surface area contributed by atoms with Gasteiger partial charge in [0.2, 0.25) is 11.7 Å². The topological polar surface area (TPSA) is 79.5 Å². The summed E-state index contributed by atoms with van der Waals surface area (Å²) >= 11 is 3.40. The van der Waals surface area contributed by atoms with Gasteiger partial charge in [0.25, 0.3) is 0 Å². The molecule has 0 aliphatic carbocycles. The molecule has 0 radical (unpaired) electrons. The number of hydrogen-bond acceptors (Lipinski definition) is 5. The molecule has 0 spiro atoms. The van der Waals surface area contributed by atoms with Crippen LogP contribution < -0.4 is 0 Å². The van der Waals surface area contributed by atoms with Gasteiger partial charge >= 0.3 is 5.97 Å². The van der Waals surface area contributed by atoms with Crippen molar-refractivity contribution in [3.63, 3.8) is 0 Å². The number of carbonyl (C=O) groups is 1. The Hall–Kier alpha value is -1.73. The first kappa shape index (κ1) is 15.7. The lowest BCUT2D eigenvalue weighted by atomic mass is 10.2. The molecule has 112 valence electrons. The molecule has 0 amide bonds. The van der Waals surface area contributed by atoms with Crippen LogP contribution in [0.2, 0.25) is 0 Å². The summed E-state index contributed by atoms with van der Waals surface area (Å²) in [5, 5.41) is 12.7. The first-order valence-electron chi connectivity index (χ1n) is 6.61. The Bertz CT molecular complexity index is 615. The van der Waals surface area contributed by atoms with Crippen LogP contribution in [0.5, 0.6) is 0 Å². The molecular formula is C14H16BrN3O3. The average Bonchev–Trinajstić information content (AvgIpc) is 2.92. The molecule has 2 rings (SSSR count). The highest BCUT2D eigenvalue weighted by molar-refractivity contribution is 9.10. The van der Waals surface area contributed by atoms with Gasteiger partial charge in [-0.2, -0.15) is 4.98 Å². The van der Waals surface area contributed by atoms with Crippen molar-refractivity contribution in [2.75, 3.05) is 13.1 Å². The second-order valence-corrected chi connectivity index (χ2v) is 5.45. The smallest absolute Gasteiger partial charge is 0.304 e. The van der Waals surface area contributed by atoms with E-state index in [-0.39, 0.29) is 6.42 Å². The number of carboxylic acid groups (broad SMARTS) is 1. The number of carboxylic acids is 1. The van der Waals surface area contributed by atoms with Crippen molar-refractivity contribution in [1.29, 1.82) is 0 Å². The van der Waals surface area contributed by atoms with Gasteiger partial charge in [-0.1, -0.05) is 40.1 Å². The van der Waals surface area contributed by atoms with Crippen LogP contribution in [-0.4, -0.2) is 39.2 Å². The highest BCUT2D eigenvalue weighted by Gasteiger charge is 2.13. The zero-order chi connectivity index (χ0) is 15.2. The molecule has 0 aliphatic heterocycles. The zero-order valence-corrected chi connectivity index (χ0v) is 13.2. The third kappa shape index (κ3) is 4.64. The van der Waals surface area contributed by atoms with Crippen LogP contribution in [0.4, 0.5) is 0 Å². The fraction of sp³-hybridized carbons (Fsp3) is 0.357. The molecule has 1 N–H and O–H groups in total. The minimum atomic E-state index is -0.811. The Balaban J connectivity index is 2.03. The van der Waals surface area contributed by atoms with Crippen molar-refractivity contribution >= 4 is 21.9 Å². The molecule has 2 aromatic rings. The van der Waals surface area contributed by atoms with Crippen LogP contribution in [0.25, 0.3) is 11.4 Å². The first-order chi connectivity index (χ1) is 10.1. The van der Waals surface area contributed by atoms with Gasteiger partial charge in [-0.15, -0.1) is 0 Å². The van der Waals surface area contributed by atoms with E-state index in [1.54, 1.807) is 0 Å². The summed E-state index contributed by atoms with van der Waals surface area (Å²) in [6, 6.07) is 7.65. The molecule has 0 bridgehead atoms. The molecule has 7 heteroatoms. The Kier molecular flexibility index (Phi) is 5.46. The Morgan fingerprint density at radius 3 is 2.95 bits per heavy atom.